The van der Waals surface area contributed by atoms with Gasteiger partial charge in [0.05, 0.1) is 16.3 Å². The minimum Gasteiger partial charge on any atom is -0.355 e. The summed E-state index contributed by atoms with van der Waals surface area (Å²) < 4.78 is 7.16. The number of nitrogens with zero attached hydrogens (tertiary/aromatic N) is 5. The molecule has 0 saturated carbocycles. The van der Waals surface area contributed by atoms with E-state index in [9.17, 15) is 0 Å². The molecule has 0 bridgehead atoms. The third-order valence-electron chi connectivity index (χ3n) is 3.92. The molecule has 0 atom stereocenters. The van der Waals surface area contributed by atoms with E-state index in [4.69, 9.17) is 4.52 Å². The lowest BCUT2D eigenvalue weighted by Crippen LogP contribution is -2.00. The first kappa shape index (κ1) is 17.0. The third kappa shape index (κ3) is 3.56. The number of benzene rings is 1. The van der Waals surface area contributed by atoms with E-state index >= 15 is 0 Å². The largest absolute Gasteiger partial charge is 0.355 e. The Balaban J connectivity index is 1.47. The summed E-state index contributed by atoms with van der Waals surface area (Å²) in [7, 11) is 0. The minimum atomic E-state index is 0.497. The molecule has 4 rings (SSSR count). The molecule has 8 heteroatoms. The first-order valence-corrected chi connectivity index (χ1v) is 10.1. The maximum Gasteiger partial charge on any atom is 0.214 e. The summed E-state index contributed by atoms with van der Waals surface area (Å²) in [6.45, 7) is 4.35. The topological polar surface area (TPSA) is 69.6 Å². The van der Waals surface area contributed by atoms with E-state index in [-0.39, 0.29) is 0 Å². The summed E-state index contributed by atoms with van der Waals surface area (Å²) in [5.41, 5.74) is 3.10. The molecule has 0 aliphatic carbocycles. The van der Waals surface area contributed by atoms with Crippen LogP contribution in [-0.4, -0.2) is 25.4 Å². The third-order valence-corrected chi connectivity index (χ3v) is 5.75. The first-order valence-electron chi connectivity index (χ1n) is 8.21. The van der Waals surface area contributed by atoms with Crippen molar-refractivity contribution in [3.05, 3.63) is 59.1 Å². The number of tetrazole rings is 1. The van der Waals surface area contributed by atoms with Crippen LogP contribution < -0.4 is 0 Å². The van der Waals surface area contributed by atoms with Crippen LogP contribution in [0.15, 0.2) is 57.5 Å². The number of thioether (sulfide) groups is 1. The highest BCUT2D eigenvalue weighted by molar-refractivity contribution is 7.98. The van der Waals surface area contributed by atoms with Gasteiger partial charge in [-0.2, -0.15) is 4.68 Å². The lowest BCUT2D eigenvalue weighted by Gasteiger charge is -2.07. The van der Waals surface area contributed by atoms with Gasteiger partial charge < -0.3 is 4.52 Å². The van der Waals surface area contributed by atoms with E-state index < -0.39 is 0 Å². The van der Waals surface area contributed by atoms with Crippen molar-refractivity contribution in [3.63, 3.8) is 0 Å². The van der Waals surface area contributed by atoms with Crippen LogP contribution in [0.1, 0.15) is 31.0 Å². The summed E-state index contributed by atoms with van der Waals surface area (Å²) in [4.78, 5) is 1.07. The Morgan fingerprint density at radius 2 is 2.04 bits per heavy atom. The molecule has 26 heavy (non-hydrogen) atoms. The van der Waals surface area contributed by atoms with Crippen molar-refractivity contribution >= 4 is 23.1 Å². The van der Waals surface area contributed by atoms with E-state index in [1.165, 1.54) is 17.3 Å². The SMILES string of the molecule is CC(C)c1ccc(-n2nnnc2SCc2cc(-c3cccs3)on2)cc1. The maximum absolute atomic E-state index is 5.42. The average molecular weight is 384 g/mol. The molecule has 0 aliphatic heterocycles. The number of hydrogen-bond acceptors (Lipinski definition) is 7. The van der Waals surface area contributed by atoms with Crippen molar-refractivity contribution in [3.8, 4) is 16.3 Å². The van der Waals surface area contributed by atoms with Gasteiger partial charge >= 0.3 is 0 Å². The Morgan fingerprint density at radius 3 is 2.77 bits per heavy atom. The fourth-order valence-corrected chi connectivity index (χ4v) is 3.93. The van der Waals surface area contributed by atoms with Crippen molar-refractivity contribution in [2.45, 2.75) is 30.7 Å². The van der Waals surface area contributed by atoms with Gasteiger partial charge in [-0.3, -0.25) is 0 Å². The Morgan fingerprint density at radius 1 is 1.19 bits per heavy atom. The smallest absolute Gasteiger partial charge is 0.214 e. The van der Waals surface area contributed by atoms with Crippen LogP contribution in [-0.2, 0) is 5.75 Å². The highest BCUT2D eigenvalue weighted by Gasteiger charge is 2.13. The Hall–Kier alpha value is -2.45. The van der Waals surface area contributed by atoms with Crippen LogP contribution in [0.3, 0.4) is 0 Å². The number of rotatable bonds is 6. The Bertz CT molecular complexity index is 973. The number of hydrogen-bond donors (Lipinski definition) is 0. The summed E-state index contributed by atoms with van der Waals surface area (Å²) in [6, 6.07) is 14.3. The summed E-state index contributed by atoms with van der Waals surface area (Å²) in [5.74, 6) is 1.93. The second-order valence-corrected chi connectivity index (χ2v) is 7.96. The molecule has 4 aromatic rings. The van der Waals surface area contributed by atoms with Crippen molar-refractivity contribution in [2.24, 2.45) is 0 Å². The van der Waals surface area contributed by atoms with Crippen LogP contribution in [0.2, 0.25) is 0 Å². The molecule has 132 valence electrons. The summed E-state index contributed by atoms with van der Waals surface area (Å²) in [6.07, 6.45) is 0. The van der Waals surface area contributed by atoms with Crippen molar-refractivity contribution < 1.29 is 4.52 Å². The molecule has 0 spiro atoms. The predicted octanol–water partition coefficient (Wildman–Crippen LogP) is 4.79. The van der Waals surface area contributed by atoms with Crippen LogP contribution in [0.25, 0.3) is 16.3 Å². The van der Waals surface area contributed by atoms with Gasteiger partial charge in [0.15, 0.2) is 5.76 Å². The summed E-state index contributed by atoms with van der Waals surface area (Å²) in [5, 5.41) is 18.9. The van der Waals surface area contributed by atoms with Gasteiger partial charge in [-0.05, 0) is 45.5 Å². The fraction of sp³-hybridized carbons (Fsp3) is 0.222. The number of thiophene rings is 1. The van der Waals surface area contributed by atoms with Crippen molar-refractivity contribution in [1.29, 1.82) is 0 Å². The average Bonchev–Trinajstić information content (AvgIpc) is 3.40. The van der Waals surface area contributed by atoms with E-state index in [2.05, 4.69) is 46.7 Å². The molecule has 3 aromatic heterocycles. The van der Waals surface area contributed by atoms with Gasteiger partial charge in [0.25, 0.3) is 0 Å². The zero-order valence-corrected chi connectivity index (χ0v) is 16.0. The van der Waals surface area contributed by atoms with Crippen LogP contribution >= 0.6 is 23.1 Å². The molecular weight excluding hydrogens is 366 g/mol. The van der Waals surface area contributed by atoms with Crippen LogP contribution in [0.5, 0.6) is 0 Å². The molecule has 3 heterocycles. The molecule has 0 amide bonds. The van der Waals surface area contributed by atoms with Crippen molar-refractivity contribution in [2.75, 3.05) is 0 Å². The van der Waals surface area contributed by atoms with E-state index in [1.54, 1.807) is 16.0 Å². The molecule has 0 saturated heterocycles. The van der Waals surface area contributed by atoms with E-state index in [0.29, 0.717) is 11.7 Å². The van der Waals surface area contributed by atoms with Crippen LogP contribution in [0.4, 0.5) is 0 Å². The van der Waals surface area contributed by atoms with E-state index in [1.807, 2.05) is 35.7 Å². The maximum atomic E-state index is 5.42. The summed E-state index contributed by atoms with van der Waals surface area (Å²) >= 11 is 3.16. The van der Waals surface area contributed by atoms with Gasteiger partial charge in [-0.25, -0.2) is 0 Å². The van der Waals surface area contributed by atoms with Gasteiger partial charge in [-0.1, -0.05) is 49.0 Å². The lowest BCUT2D eigenvalue weighted by atomic mass is 10.0. The highest BCUT2D eigenvalue weighted by atomic mass is 32.2. The highest BCUT2D eigenvalue weighted by Crippen LogP contribution is 2.28. The minimum absolute atomic E-state index is 0.497. The Kier molecular flexibility index (Phi) is 4.85. The van der Waals surface area contributed by atoms with Gasteiger partial charge in [0.1, 0.15) is 0 Å². The van der Waals surface area contributed by atoms with Gasteiger partial charge in [0, 0.05) is 11.8 Å². The molecule has 0 fully saturated rings. The molecule has 0 N–H and O–H groups in total. The number of aromatic nitrogens is 5. The molecule has 1 aromatic carbocycles. The lowest BCUT2D eigenvalue weighted by molar-refractivity contribution is 0.427. The van der Waals surface area contributed by atoms with Gasteiger partial charge in [-0.15, -0.1) is 16.4 Å². The fourth-order valence-electron chi connectivity index (χ4n) is 2.48. The zero-order valence-electron chi connectivity index (χ0n) is 14.4. The molecule has 6 nitrogen and oxygen atoms in total. The van der Waals surface area contributed by atoms with E-state index in [0.717, 1.165) is 27.2 Å². The standard InChI is InChI=1S/C18H17N5OS2/c1-12(2)13-5-7-15(8-6-13)23-18(19-21-22-23)26-11-14-10-16(24-20-14)17-4-3-9-25-17/h3-10,12H,11H2,1-2H3. The first-order chi connectivity index (χ1) is 12.7. The predicted molar refractivity (Wildman–Crippen MR) is 103 cm³/mol. The molecule has 0 aliphatic rings. The quantitative estimate of drug-likeness (QED) is 0.446. The van der Waals surface area contributed by atoms with Crippen LogP contribution in [0, 0.1) is 0 Å². The zero-order chi connectivity index (χ0) is 17.9. The molecule has 0 radical (unpaired) electrons. The Labute approximate surface area is 159 Å². The second kappa shape index (κ2) is 7.43. The molecular formula is C18H17N5OS2. The normalized spacial score (nSPS) is 11.3. The monoisotopic (exact) mass is 383 g/mol. The van der Waals surface area contributed by atoms with Crippen molar-refractivity contribution in [1.82, 2.24) is 25.4 Å². The second-order valence-electron chi connectivity index (χ2n) is 6.07. The molecule has 0 unspecified atom stereocenters. The van der Waals surface area contributed by atoms with Gasteiger partial charge in [0.2, 0.25) is 5.16 Å².